The van der Waals surface area contributed by atoms with Gasteiger partial charge in [-0.3, -0.25) is 4.79 Å². The molecule has 0 saturated heterocycles. The number of benzene rings is 1. The molecule has 4 nitrogen and oxygen atoms in total. The highest BCUT2D eigenvalue weighted by Gasteiger charge is 2.25. The van der Waals surface area contributed by atoms with Crippen molar-refractivity contribution in [2.75, 3.05) is 13.6 Å². The number of H-pyrrole nitrogens is 1. The number of esters is 1. The lowest BCUT2D eigenvalue weighted by Gasteiger charge is -2.14. The molecular weight excluding hydrogens is 252 g/mol. The number of fused-ring (bicyclic) bond motifs is 1. The Labute approximate surface area is 118 Å². The molecule has 1 aromatic carbocycles. The lowest BCUT2D eigenvalue weighted by molar-refractivity contribution is -0.131. The third-order valence-corrected chi connectivity index (χ3v) is 3.90. The molecule has 0 radical (unpaired) electrons. The van der Waals surface area contributed by atoms with E-state index in [1.165, 1.54) is 25.3 Å². The van der Waals surface area contributed by atoms with E-state index in [2.05, 4.69) is 23.1 Å². The number of ether oxygens (including phenoxy) is 1. The van der Waals surface area contributed by atoms with Crippen LogP contribution in [0.4, 0.5) is 0 Å². The fourth-order valence-corrected chi connectivity index (χ4v) is 2.59. The van der Waals surface area contributed by atoms with Gasteiger partial charge in [-0.15, -0.1) is 0 Å². The number of nitrogens with zero attached hydrogens (tertiary/aromatic N) is 1. The van der Waals surface area contributed by atoms with Gasteiger partial charge in [-0.2, -0.15) is 0 Å². The zero-order valence-electron chi connectivity index (χ0n) is 12.0. The van der Waals surface area contributed by atoms with E-state index in [0.717, 1.165) is 29.9 Å². The van der Waals surface area contributed by atoms with Crippen molar-refractivity contribution in [1.82, 2.24) is 9.88 Å². The molecule has 20 heavy (non-hydrogen) atoms. The third-order valence-electron chi connectivity index (χ3n) is 3.90. The predicted octanol–water partition coefficient (Wildman–Crippen LogP) is 2.73. The smallest absolute Gasteiger partial charge is 0.308 e. The Morgan fingerprint density at radius 3 is 2.95 bits per heavy atom. The highest BCUT2D eigenvalue weighted by Crippen LogP contribution is 2.27. The quantitative estimate of drug-likeness (QED) is 0.672. The monoisotopic (exact) mass is 272 g/mol. The van der Waals surface area contributed by atoms with Gasteiger partial charge >= 0.3 is 5.97 Å². The molecule has 0 bridgehead atoms. The highest BCUT2D eigenvalue weighted by atomic mass is 16.5. The maximum atomic E-state index is 11.0. The molecule has 1 saturated carbocycles. The van der Waals surface area contributed by atoms with Crippen molar-refractivity contribution in [2.45, 2.75) is 32.2 Å². The first-order chi connectivity index (χ1) is 9.63. The van der Waals surface area contributed by atoms with Crippen molar-refractivity contribution in [3.05, 3.63) is 30.0 Å². The summed E-state index contributed by atoms with van der Waals surface area (Å²) in [6.07, 6.45) is 5.74. The molecule has 0 spiro atoms. The Morgan fingerprint density at radius 1 is 1.45 bits per heavy atom. The fourth-order valence-electron chi connectivity index (χ4n) is 2.59. The first kappa shape index (κ1) is 13.2. The van der Waals surface area contributed by atoms with Gasteiger partial charge in [0.1, 0.15) is 5.75 Å². The van der Waals surface area contributed by atoms with Crippen molar-refractivity contribution < 1.29 is 9.53 Å². The SMILES string of the molecule is CC(=O)Oc1ccc2[nH]cc(CCN(C)C3CC3)c2c1. The van der Waals surface area contributed by atoms with Crippen LogP contribution < -0.4 is 4.74 Å². The zero-order chi connectivity index (χ0) is 14.1. The van der Waals surface area contributed by atoms with E-state index >= 15 is 0 Å². The molecule has 106 valence electrons. The fraction of sp³-hybridized carbons (Fsp3) is 0.438. The summed E-state index contributed by atoms with van der Waals surface area (Å²) < 4.78 is 5.16. The van der Waals surface area contributed by atoms with E-state index in [0.29, 0.717) is 5.75 Å². The number of nitrogens with one attached hydrogen (secondary N) is 1. The van der Waals surface area contributed by atoms with Crippen LogP contribution in [-0.4, -0.2) is 35.5 Å². The number of rotatable bonds is 5. The minimum atomic E-state index is -0.282. The third kappa shape index (κ3) is 2.85. The minimum absolute atomic E-state index is 0.282. The van der Waals surface area contributed by atoms with Crippen LogP contribution in [-0.2, 0) is 11.2 Å². The lowest BCUT2D eigenvalue weighted by Crippen LogP contribution is -2.23. The molecule has 4 heteroatoms. The van der Waals surface area contributed by atoms with E-state index in [9.17, 15) is 4.79 Å². The first-order valence-electron chi connectivity index (χ1n) is 7.12. The van der Waals surface area contributed by atoms with Crippen LogP contribution in [0.2, 0.25) is 0 Å². The second-order valence-electron chi connectivity index (χ2n) is 5.58. The second kappa shape index (κ2) is 5.29. The molecule has 1 aliphatic rings. The molecule has 1 heterocycles. The Balaban J connectivity index is 1.77. The van der Waals surface area contributed by atoms with Gasteiger partial charge in [0.25, 0.3) is 0 Å². The average Bonchev–Trinajstić information content (AvgIpc) is 3.18. The van der Waals surface area contributed by atoms with Gasteiger partial charge in [0.2, 0.25) is 0 Å². The summed E-state index contributed by atoms with van der Waals surface area (Å²) in [5.41, 5.74) is 2.37. The second-order valence-corrected chi connectivity index (χ2v) is 5.58. The van der Waals surface area contributed by atoms with Gasteiger partial charge in [-0.1, -0.05) is 0 Å². The van der Waals surface area contributed by atoms with Gasteiger partial charge in [-0.25, -0.2) is 0 Å². The molecule has 0 aliphatic heterocycles. The molecule has 0 unspecified atom stereocenters. The summed E-state index contributed by atoms with van der Waals surface area (Å²) >= 11 is 0. The van der Waals surface area contributed by atoms with Crippen molar-refractivity contribution in [1.29, 1.82) is 0 Å². The standard InChI is InChI=1S/C16H20N2O2/c1-11(19)20-14-5-6-16-15(9-14)12(10-17-16)7-8-18(2)13-3-4-13/h5-6,9-10,13,17H,3-4,7-8H2,1-2H3. The van der Waals surface area contributed by atoms with E-state index in [1.807, 2.05) is 18.2 Å². The van der Waals surface area contributed by atoms with Crippen molar-refractivity contribution in [2.24, 2.45) is 0 Å². The summed E-state index contributed by atoms with van der Waals surface area (Å²) in [6.45, 7) is 2.49. The first-order valence-corrected chi connectivity index (χ1v) is 7.12. The minimum Gasteiger partial charge on any atom is -0.427 e. The van der Waals surface area contributed by atoms with Crippen LogP contribution in [0.15, 0.2) is 24.4 Å². The molecule has 0 atom stereocenters. The van der Waals surface area contributed by atoms with Crippen LogP contribution in [0.3, 0.4) is 0 Å². The summed E-state index contributed by atoms with van der Waals surface area (Å²) in [7, 11) is 2.19. The maximum absolute atomic E-state index is 11.0. The largest absolute Gasteiger partial charge is 0.427 e. The normalized spacial score (nSPS) is 14.9. The number of likely N-dealkylation sites (N-methyl/N-ethyl adjacent to an activating group) is 1. The number of aromatic nitrogens is 1. The van der Waals surface area contributed by atoms with Crippen LogP contribution in [0.5, 0.6) is 5.75 Å². The number of carbonyl (C=O) groups excluding carboxylic acids is 1. The van der Waals surface area contributed by atoms with Crippen LogP contribution >= 0.6 is 0 Å². The molecule has 1 aromatic heterocycles. The van der Waals surface area contributed by atoms with Crippen molar-refractivity contribution in [3.63, 3.8) is 0 Å². The Kier molecular flexibility index (Phi) is 3.49. The summed E-state index contributed by atoms with van der Waals surface area (Å²) in [5, 5.41) is 1.15. The van der Waals surface area contributed by atoms with E-state index in [4.69, 9.17) is 4.74 Å². The number of aromatic amines is 1. The van der Waals surface area contributed by atoms with E-state index < -0.39 is 0 Å². The van der Waals surface area contributed by atoms with Gasteiger partial charge in [-0.05, 0) is 50.1 Å². The molecule has 0 amide bonds. The van der Waals surface area contributed by atoms with Crippen molar-refractivity contribution in [3.8, 4) is 5.75 Å². The summed E-state index contributed by atoms with van der Waals surface area (Å²) in [6, 6.07) is 6.51. The van der Waals surface area contributed by atoms with Gasteiger partial charge in [0.15, 0.2) is 0 Å². The molecule has 2 aromatic rings. The molecule has 1 aliphatic carbocycles. The zero-order valence-corrected chi connectivity index (χ0v) is 12.0. The summed E-state index contributed by atoms with van der Waals surface area (Å²) in [5.74, 6) is 0.330. The number of hydrogen-bond donors (Lipinski definition) is 1. The Morgan fingerprint density at radius 2 is 2.25 bits per heavy atom. The lowest BCUT2D eigenvalue weighted by atomic mass is 10.1. The predicted molar refractivity (Wildman–Crippen MR) is 79.0 cm³/mol. The van der Waals surface area contributed by atoms with E-state index in [1.54, 1.807) is 0 Å². The van der Waals surface area contributed by atoms with E-state index in [-0.39, 0.29) is 5.97 Å². The van der Waals surface area contributed by atoms with Crippen molar-refractivity contribution >= 4 is 16.9 Å². The molecule has 3 rings (SSSR count). The Hall–Kier alpha value is -1.81. The molecular formula is C16H20N2O2. The van der Waals surface area contributed by atoms with Crippen LogP contribution in [0.25, 0.3) is 10.9 Å². The number of carbonyl (C=O) groups is 1. The molecule has 1 N–H and O–H groups in total. The maximum Gasteiger partial charge on any atom is 0.308 e. The Bertz CT molecular complexity index is 628. The topological polar surface area (TPSA) is 45.3 Å². The van der Waals surface area contributed by atoms with Crippen LogP contribution in [0, 0.1) is 0 Å². The van der Waals surface area contributed by atoms with Gasteiger partial charge in [0, 0.05) is 36.6 Å². The summed E-state index contributed by atoms with van der Waals surface area (Å²) in [4.78, 5) is 16.7. The highest BCUT2D eigenvalue weighted by molar-refractivity contribution is 5.85. The average molecular weight is 272 g/mol. The number of hydrogen-bond acceptors (Lipinski definition) is 3. The van der Waals surface area contributed by atoms with Gasteiger partial charge in [0.05, 0.1) is 0 Å². The van der Waals surface area contributed by atoms with Crippen LogP contribution in [0.1, 0.15) is 25.3 Å². The van der Waals surface area contributed by atoms with Gasteiger partial charge < -0.3 is 14.6 Å². The molecule has 1 fully saturated rings.